The Morgan fingerprint density at radius 3 is 2.35 bits per heavy atom. The number of nitrogens with two attached hydrogens (primary N) is 1. The van der Waals surface area contributed by atoms with Crippen LogP contribution in [0.1, 0.15) is 35.1 Å². The van der Waals surface area contributed by atoms with Crippen LogP contribution in [0, 0.1) is 6.92 Å². The summed E-state index contributed by atoms with van der Waals surface area (Å²) < 4.78 is 28.7. The van der Waals surface area contributed by atoms with Crippen molar-refractivity contribution >= 4 is 51.3 Å². The molecule has 0 aromatic heterocycles. The fourth-order valence-electron chi connectivity index (χ4n) is 5.24. The molecule has 1 saturated heterocycles. The van der Waals surface area contributed by atoms with Crippen LogP contribution in [0.2, 0.25) is 10.0 Å². The van der Waals surface area contributed by atoms with Crippen LogP contribution >= 0.6 is 23.2 Å². The third-order valence-corrected chi connectivity index (χ3v) is 10.9. The second kappa shape index (κ2) is 16.9. The van der Waals surface area contributed by atoms with Gasteiger partial charge in [0.15, 0.2) is 0 Å². The number of nitrogens with zero attached hydrogens (tertiary/aromatic N) is 4. The number of rotatable bonds is 15. The SMILES string of the molecule is Cc1c(Cl)ccc(S(=O)(=O)N(CCc2ccccc2)CC(=O)NCC(=O)N(CCN2CCCC2)Cc2ccc(C=NN)cc2)c1Cl. The molecule has 1 fully saturated rings. The Labute approximate surface area is 281 Å². The van der Waals surface area contributed by atoms with Crippen molar-refractivity contribution in [2.75, 3.05) is 45.8 Å². The van der Waals surface area contributed by atoms with Crippen LogP contribution in [-0.2, 0) is 32.6 Å². The maximum Gasteiger partial charge on any atom is 0.245 e. The molecule has 3 N–H and O–H groups in total. The molecule has 10 nitrogen and oxygen atoms in total. The summed E-state index contributed by atoms with van der Waals surface area (Å²) in [4.78, 5) is 30.6. The number of sulfonamides is 1. The minimum atomic E-state index is -4.19. The van der Waals surface area contributed by atoms with E-state index in [1.165, 1.54) is 12.1 Å². The van der Waals surface area contributed by atoms with Crippen molar-refractivity contribution in [2.24, 2.45) is 10.9 Å². The van der Waals surface area contributed by atoms with Crippen molar-refractivity contribution in [3.05, 3.63) is 99.0 Å². The third kappa shape index (κ3) is 9.76. The van der Waals surface area contributed by atoms with Gasteiger partial charge in [0.05, 0.1) is 24.3 Å². The Balaban J connectivity index is 1.46. The van der Waals surface area contributed by atoms with E-state index in [1.807, 2.05) is 54.6 Å². The lowest BCUT2D eigenvalue weighted by Gasteiger charge is -2.26. The van der Waals surface area contributed by atoms with E-state index < -0.39 is 22.5 Å². The van der Waals surface area contributed by atoms with Gasteiger partial charge in [0.2, 0.25) is 21.8 Å². The number of hydrazone groups is 1. The minimum Gasteiger partial charge on any atom is -0.346 e. The molecule has 0 saturated carbocycles. The molecule has 2 amide bonds. The summed E-state index contributed by atoms with van der Waals surface area (Å²) in [6.45, 7) is 4.47. The van der Waals surface area contributed by atoms with E-state index in [0.29, 0.717) is 30.1 Å². The highest BCUT2D eigenvalue weighted by Crippen LogP contribution is 2.32. The van der Waals surface area contributed by atoms with Gasteiger partial charge in [-0.3, -0.25) is 9.59 Å². The van der Waals surface area contributed by atoms with Gasteiger partial charge in [0, 0.05) is 31.2 Å². The van der Waals surface area contributed by atoms with Gasteiger partial charge in [-0.05, 0) is 73.7 Å². The molecule has 4 rings (SSSR count). The Kier molecular flexibility index (Phi) is 13.0. The zero-order chi connectivity index (χ0) is 33.1. The summed E-state index contributed by atoms with van der Waals surface area (Å²) >= 11 is 12.6. The van der Waals surface area contributed by atoms with E-state index >= 15 is 0 Å². The van der Waals surface area contributed by atoms with Crippen LogP contribution in [0.4, 0.5) is 0 Å². The largest absolute Gasteiger partial charge is 0.346 e. The van der Waals surface area contributed by atoms with E-state index in [-0.39, 0.29) is 28.9 Å². The molecule has 0 aliphatic carbocycles. The summed E-state index contributed by atoms with van der Waals surface area (Å²) in [6.07, 6.45) is 4.19. The average Bonchev–Trinajstić information content (AvgIpc) is 3.58. The van der Waals surface area contributed by atoms with E-state index in [0.717, 1.165) is 53.5 Å². The predicted octanol–water partition coefficient (Wildman–Crippen LogP) is 4.07. The van der Waals surface area contributed by atoms with Crippen molar-refractivity contribution < 1.29 is 18.0 Å². The van der Waals surface area contributed by atoms with Gasteiger partial charge < -0.3 is 21.0 Å². The van der Waals surface area contributed by atoms with Gasteiger partial charge >= 0.3 is 0 Å². The molecule has 0 atom stereocenters. The molecule has 1 heterocycles. The van der Waals surface area contributed by atoms with Crippen molar-refractivity contribution in [1.29, 1.82) is 0 Å². The zero-order valence-corrected chi connectivity index (χ0v) is 28.2. The van der Waals surface area contributed by atoms with E-state index in [2.05, 4.69) is 15.3 Å². The number of carbonyl (C=O) groups excluding carboxylic acids is 2. The number of likely N-dealkylation sites (tertiary alicyclic amines) is 1. The fourth-order valence-corrected chi connectivity index (χ4v) is 7.42. The first-order valence-corrected chi connectivity index (χ1v) is 17.4. The highest BCUT2D eigenvalue weighted by atomic mass is 35.5. The quantitative estimate of drug-likeness (QED) is 0.141. The van der Waals surface area contributed by atoms with E-state index in [9.17, 15) is 18.0 Å². The molecule has 13 heteroatoms. The maximum absolute atomic E-state index is 13.8. The number of benzene rings is 3. The Morgan fingerprint density at radius 2 is 1.67 bits per heavy atom. The topological polar surface area (TPSA) is 128 Å². The zero-order valence-electron chi connectivity index (χ0n) is 25.9. The molecule has 46 heavy (non-hydrogen) atoms. The summed E-state index contributed by atoms with van der Waals surface area (Å²) in [5.74, 6) is 4.38. The van der Waals surface area contributed by atoms with Gasteiger partial charge in [-0.1, -0.05) is 77.8 Å². The molecule has 246 valence electrons. The molecule has 1 aliphatic heterocycles. The maximum atomic E-state index is 13.8. The van der Waals surface area contributed by atoms with Gasteiger partial charge in [-0.15, -0.1) is 0 Å². The number of hydrogen-bond acceptors (Lipinski definition) is 7. The molecule has 0 unspecified atom stereocenters. The average molecular weight is 688 g/mol. The van der Waals surface area contributed by atoms with Crippen LogP contribution in [0.3, 0.4) is 0 Å². The van der Waals surface area contributed by atoms with Gasteiger partial charge in [0.25, 0.3) is 0 Å². The second-order valence-corrected chi connectivity index (χ2v) is 13.9. The Bertz CT molecular complexity index is 1620. The van der Waals surface area contributed by atoms with E-state index in [1.54, 1.807) is 18.0 Å². The first-order chi connectivity index (χ1) is 22.1. The first kappa shape index (κ1) is 35.4. The summed E-state index contributed by atoms with van der Waals surface area (Å²) in [5.41, 5.74) is 3.10. The van der Waals surface area contributed by atoms with Crippen LogP contribution in [0.15, 0.2) is 76.7 Å². The van der Waals surface area contributed by atoms with Crippen molar-refractivity contribution in [3.63, 3.8) is 0 Å². The lowest BCUT2D eigenvalue weighted by molar-refractivity contribution is -0.133. The second-order valence-electron chi connectivity index (χ2n) is 11.2. The van der Waals surface area contributed by atoms with Crippen LogP contribution in [-0.4, -0.2) is 86.4 Å². The third-order valence-electron chi connectivity index (χ3n) is 7.97. The molecule has 3 aromatic rings. The summed E-state index contributed by atoms with van der Waals surface area (Å²) in [5, 5.41) is 6.54. The van der Waals surface area contributed by atoms with Crippen molar-refractivity contribution in [1.82, 2.24) is 19.4 Å². The number of hydrogen-bond donors (Lipinski definition) is 2. The lowest BCUT2D eigenvalue weighted by Crippen LogP contribution is -2.46. The van der Waals surface area contributed by atoms with Crippen LogP contribution < -0.4 is 11.2 Å². The van der Waals surface area contributed by atoms with E-state index in [4.69, 9.17) is 29.0 Å². The summed E-state index contributed by atoms with van der Waals surface area (Å²) in [7, 11) is -4.19. The smallest absolute Gasteiger partial charge is 0.245 e. The molecular formula is C33H40Cl2N6O4S. The number of nitrogens with one attached hydrogen (secondary N) is 1. The molecule has 0 bridgehead atoms. The number of halogens is 2. The predicted molar refractivity (Wildman–Crippen MR) is 182 cm³/mol. The van der Waals surface area contributed by atoms with Crippen molar-refractivity contribution in [3.8, 4) is 0 Å². The molecule has 3 aromatic carbocycles. The monoisotopic (exact) mass is 686 g/mol. The van der Waals surface area contributed by atoms with Crippen LogP contribution in [0.25, 0.3) is 0 Å². The molecule has 1 aliphatic rings. The lowest BCUT2D eigenvalue weighted by atomic mass is 10.1. The number of carbonyl (C=O) groups is 2. The minimum absolute atomic E-state index is 0.00443. The highest BCUT2D eigenvalue weighted by Gasteiger charge is 2.30. The Morgan fingerprint density at radius 1 is 0.978 bits per heavy atom. The highest BCUT2D eigenvalue weighted by molar-refractivity contribution is 7.89. The fraction of sp³-hybridized carbons (Fsp3) is 0.364. The number of amides is 2. The van der Waals surface area contributed by atoms with Crippen LogP contribution in [0.5, 0.6) is 0 Å². The first-order valence-electron chi connectivity index (χ1n) is 15.2. The molecular weight excluding hydrogens is 647 g/mol. The molecule has 0 spiro atoms. The Hall–Kier alpha value is -3.48. The standard InChI is InChI=1S/C33H40Cl2N6O4S/c1-25-29(34)13-14-30(33(25)35)46(44,45)41(18-15-26-7-3-2-4-8-26)24-31(42)37-22-32(43)40(20-19-39-16-5-6-17-39)23-28-11-9-27(10-12-28)21-38-36/h2-4,7-14,21H,5-6,15-20,22-24,36H2,1H3,(H,37,42). The normalized spacial score (nSPS) is 13.8. The molecule has 0 radical (unpaired) electrons. The van der Waals surface area contributed by atoms with Gasteiger partial charge in [-0.25, -0.2) is 8.42 Å². The van der Waals surface area contributed by atoms with Gasteiger partial charge in [0.1, 0.15) is 4.90 Å². The summed E-state index contributed by atoms with van der Waals surface area (Å²) in [6, 6.07) is 19.8. The van der Waals surface area contributed by atoms with Gasteiger partial charge in [-0.2, -0.15) is 9.41 Å². The van der Waals surface area contributed by atoms with Crippen molar-refractivity contribution in [2.45, 2.75) is 37.6 Å².